The van der Waals surface area contributed by atoms with Crippen LogP contribution in [0.1, 0.15) is 68.1 Å². The fraction of sp³-hybridized carbons (Fsp3) is 0.579. The molecule has 0 unspecified atom stereocenters. The van der Waals surface area contributed by atoms with Crippen LogP contribution in [-0.2, 0) is 11.8 Å². The van der Waals surface area contributed by atoms with E-state index in [9.17, 15) is 4.79 Å². The van der Waals surface area contributed by atoms with Crippen molar-refractivity contribution < 1.29 is 9.21 Å². The average molecular weight is 331 g/mol. The Morgan fingerprint density at radius 2 is 1.88 bits per heavy atom. The molecule has 0 bridgehead atoms. The maximum atomic E-state index is 12.9. The summed E-state index contributed by atoms with van der Waals surface area (Å²) in [4.78, 5) is 12.9. The number of carbonyl (C=O) groups excluding carboxylic acids is 1. The molecule has 2 atom stereocenters. The molecule has 0 fully saturated rings. The molecule has 1 N–H and O–H groups in total. The molecule has 1 amide bonds. The minimum Gasteiger partial charge on any atom is -0.464 e. The lowest BCUT2D eigenvalue weighted by molar-refractivity contribution is -0.124. The molecule has 0 aliphatic rings. The van der Waals surface area contributed by atoms with Gasteiger partial charge in [0.25, 0.3) is 0 Å². The highest BCUT2D eigenvalue weighted by molar-refractivity contribution is 5.84. The number of aromatic nitrogens is 2. The van der Waals surface area contributed by atoms with Crippen LogP contribution in [0, 0.1) is 26.2 Å². The van der Waals surface area contributed by atoms with Crippen molar-refractivity contribution in [1.82, 2.24) is 15.1 Å². The van der Waals surface area contributed by atoms with Gasteiger partial charge in [-0.1, -0.05) is 20.8 Å². The Labute approximate surface area is 144 Å². The van der Waals surface area contributed by atoms with Gasteiger partial charge < -0.3 is 9.73 Å². The highest BCUT2D eigenvalue weighted by Gasteiger charge is 2.33. The number of carbonyl (C=O) groups is 1. The quantitative estimate of drug-likeness (QED) is 0.923. The number of aryl methyl sites for hydroxylation is 3. The molecule has 0 radical (unpaired) electrons. The summed E-state index contributed by atoms with van der Waals surface area (Å²) >= 11 is 0. The molecule has 0 aliphatic heterocycles. The number of nitrogens with zero attached hydrogens (tertiary/aromatic N) is 2. The van der Waals surface area contributed by atoms with Gasteiger partial charge >= 0.3 is 0 Å². The monoisotopic (exact) mass is 331 g/mol. The minimum atomic E-state index is -0.264. The Hall–Kier alpha value is -2.04. The van der Waals surface area contributed by atoms with Crippen LogP contribution in [0.2, 0.25) is 0 Å². The molecule has 24 heavy (non-hydrogen) atoms. The van der Waals surface area contributed by atoms with Crippen LogP contribution in [0.5, 0.6) is 0 Å². The van der Waals surface area contributed by atoms with Gasteiger partial charge in [-0.3, -0.25) is 9.48 Å². The van der Waals surface area contributed by atoms with Gasteiger partial charge in [0.1, 0.15) is 11.5 Å². The van der Waals surface area contributed by atoms with Crippen molar-refractivity contribution in [2.45, 2.75) is 60.4 Å². The third-order valence-corrected chi connectivity index (χ3v) is 4.59. The first-order chi connectivity index (χ1) is 11.0. The summed E-state index contributed by atoms with van der Waals surface area (Å²) < 4.78 is 7.60. The zero-order chi connectivity index (χ0) is 18.2. The van der Waals surface area contributed by atoms with Crippen molar-refractivity contribution in [3.63, 3.8) is 0 Å². The summed E-state index contributed by atoms with van der Waals surface area (Å²) in [6, 6.07) is 3.69. The number of hydrogen-bond acceptors (Lipinski definition) is 3. The minimum absolute atomic E-state index is 0.0109. The normalized spacial score (nSPS) is 14.5. The zero-order valence-electron chi connectivity index (χ0n) is 16.0. The zero-order valence-corrected chi connectivity index (χ0v) is 16.0. The summed E-state index contributed by atoms with van der Waals surface area (Å²) in [6.45, 7) is 14.1. The summed E-state index contributed by atoms with van der Waals surface area (Å²) in [6.07, 6.45) is 0. The lowest BCUT2D eigenvalue weighted by Gasteiger charge is -2.31. The Bertz CT molecular complexity index is 734. The molecule has 0 spiro atoms. The molecular formula is C19H29N3O2. The van der Waals surface area contributed by atoms with Gasteiger partial charge in [0, 0.05) is 18.3 Å². The molecule has 0 saturated heterocycles. The smallest absolute Gasteiger partial charge is 0.228 e. The molecular weight excluding hydrogens is 302 g/mol. The molecule has 2 aromatic rings. The van der Waals surface area contributed by atoms with Gasteiger partial charge in [-0.2, -0.15) is 5.10 Å². The highest BCUT2D eigenvalue weighted by atomic mass is 16.3. The first-order valence-corrected chi connectivity index (χ1v) is 8.39. The van der Waals surface area contributed by atoms with E-state index in [-0.39, 0.29) is 23.3 Å². The molecule has 0 saturated carbocycles. The number of amides is 1. The van der Waals surface area contributed by atoms with Crippen molar-refractivity contribution in [1.29, 1.82) is 0 Å². The molecule has 2 aromatic heterocycles. The van der Waals surface area contributed by atoms with Crippen LogP contribution in [-0.4, -0.2) is 15.7 Å². The average Bonchev–Trinajstić information content (AvgIpc) is 2.98. The molecule has 5 heteroatoms. The summed E-state index contributed by atoms with van der Waals surface area (Å²) in [5.41, 5.74) is 2.77. The van der Waals surface area contributed by atoms with E-state index >= 15 is 0 Å². The first-order valence-electron chi connectivity index (χ1n) is 8.39. The Morgan fingerprint density at radius 3 is 2.29 bits per heavy atom. The third kappa shape index (κ3) is 3.55. The van der Waals surface area contributed by atoms with Crippen molar-refractivity contribution in [2.75, 3.05) is 0 Å². The lowest BCUT2D eigenvalue weighted by atomic mass is 9.84. The van der Waals surface area contributed by atoms with Crippen molar-refractivity contribution >= 4 is 5.91 Å². The second-order valence-corrected chi connectivity index (χ2v) is 7.69. The predicted molar refractivity (Wildman–Crippen MR) is 94.9 cm³/mol. The Balaban J connectivity index is 2.27. The van der Waals surface area contributed by atoms with Crippen LogP contribution >= 0.6 is 0 Å². The summed E-state index contributed by atoms with van der Waals surface area (Å²) in [5.74, 6) is 1.36. The van der Waals surface area contributed by atoms with E-state index in [0.717, 1.165) is 28.5 Å². The molecule has 132 valence electrons. The van der Waals surface area contributed by atoms with E-state index in [1.807, 2.05) is 51.6 Å². The van der Waals surface area contributed by atoms with Gasteiger partial charge in [-0.15, -0.1) is 0 Å². The van der Waals surface area contributed by atoms with Gasteiger partial charge in [0.05, 0.1) is 17.7 Å². The van der Waals surface area contributed by atoms with E-state index in [1.54, 1.807) is 0 Å². The maximum Gasteiger partial charge on any atom is 0.228 e. The fourth-order valence-corrected chi connectivity index (χ4v) is 3.14. The van der Waals surface area contributed by atoms with Crippen LogP contribution in [0.15, 0.2) is 16.5 Å². The van der Waals surface area contributed by atoms with Crippen molar-refractivity contribution in [2.24, 2.45) is 12.5 Å². The molecule has 2 rings (SSSR count). The van der Waals surface area contributed by atoms with Crippen molar-refractivity contribution in [3.05, 3.63) is 40.6 Å². The van der Waals surface area contributed by atoms with Crippen molar-refractivity contribution in [3.8, 4) is 0 Å². The molecule has 2 heterocycles. The predicted octanol–water partition coefficient (Wildman–Crippen LogP) is 3.95. The van der Waals surface area contributed by atoms with E-state index in [1.165, 1.54) is 0 Å². The largest absolute Gasteiger partial charge is 0.464 e. The molecule has 0 aromatic carbocycles. The molecule has 0 aliphatic carbocycles. The Morgan fingerprint density at radius 1 is 1.25 bits per heavy atom. The fourth-order valence-electron chi connectivity index (χ4n) is 3.14. The number of rotatable bonds is 4. The first kappa shape index (κ1) is 18.3. The van der Waals surface area contributed by atoms with Crippen LogP contribution in [0.4, 0.5) is 0 Å². The number of hydrogen-bond donors (Lipinski definition) is 1. The molecule has 5 nitrogen and oxygen atoms in total. The standard InChI is InChI=1S/C19H29N3O2/c1-11-9-10-15(24-11)17(19(5,6)7)20-18(23)12(2)16-13(3)21-22(8)14(16)4/h9-10,12,17H,1-8H3,(H,20,23)/t12-,17+/m1/s1. The van der Waals surface area contributed by atoms with E-state index in [0.29, 0.717) is 0 Å². The van der Waals surface area contributed by atoms with E-state index in [2.05, 4.69) is 31.2 Å². The van der Waals surface area contributed by atoms with Gasteiger partial charge in [-0.25, -0.2) is 0 Å². The second-order valence-electron chi connectivity index (χ2n) is 7.69. The SMILES string of the molecule is Cc1ccc([C@H](NC(=O)[C@H](C)c2c(C)nn(C)c2C)C(C)(C)C)o1. The highest BCUT2D eigenvalue weighted by Crippen LogP contribution is 2.34. The summed E-state index contributed by atoms with van der Waals surface area (Å²) in [5, 5.41) is 7.60. The maximum absolute atomic E-state index is 12.9. The second kappa shape index (κ2) is 6.46. The van der Waals surface area contributed by atoms with Gasteiger partial charge in [0.15, 0.2) is 0 Å². The van der Waals surface area contributed by atoms with Crippen LogP contribution in [0.25, 0.3) is 0 Å². The number of furan rings is 1. The third-order valence-electron chi connectivity index (χ3n) is 4.59. The van der Waals surface area contributed by atoms with Gasteiger partial charge in [-0.05, 0) is 45.2 Å². The van der Waals surface area contributed by atoms with E-state index in [4.69, 9.17) is 4.42 Å². The topological polar surface area (TPSA) is 60.1 Å². The lowest BCUT2D eigenvalue weighted by Crippen LogP contribution is -2.38. The number of nitrogens with one attached hydrogen (secondary N) is 1. The van der Waals surface area contributed by atoms with Crippen LogP contribution in [0.3, 0.4) is 0 Å². The summed E-state index contributed by atoms with van der Waals surface area (Å²) in [7, 11) is 1.90. The van der Waals surface area contributed by atoms with E-state index < -0.39 is 0 Å². The van der Waals surface area contributed by atoms with Crippen LogP contribution < -0.4 is 5.32 Å². The van der Waals surface area contributed by atoms with Gasteiger partial charge in [0.2, 0.25) is 5.91 Å². The Kier molecular flexibility index (Phi) is 4.92.